The van der Waals surface area contributed by atoms with E-state index in [-0.39, 0.29) is 19.4 Å². The lowest BCUT2D eigenvalue weighted by molar-refractivity contribution is -0.137. The molecule has 1 aliphatic carbocycles. The minimum Gasteiger partial charge on any atom is -0.481 e. The van der Waals surface area contributed by atoms with E-state index in [0.717, 1.165) is 41.2 Å². The molecule has 0 bridgehead atoms. The van der Waals surface area contributed by atoms with Crippen LogP contribution in [0.1, 0.15) is 71.5 Å². The van der Waals surface area contributed by atoms with Gasteiger partial charge in [0, 0.05) is 35.4 Å². The molecule has 2 N–H and O–H groups in total. The van der Waals surface area contributed by atoms with Crippen molar-refractivity contribution in [3.05, 3.63) is 86.9 Å². The highest BCUT2D eigenvalue weighted by Gasteiger charge is 2.29. The van der Waals surface area contributed by atoms with Crippen molar-refractivity contribution in [3.63, 3.8) is 0 Å². The number of halogens is 5. The van der Waals surface area contributed by atoms with Crippen LogP contribution in [0.15, 0.2) is 54.6 Å². The van der Waals surface area contributed by atoms with Crippen molar-refractivity contribution in [2.75, 3.05) is 6.54 Å². The first-order valence-electron chi connectivity index (χ1n) is 12.3. The maximum atomic E-state index is 13.2. The SMILES string of the molecule is O=C(O)CCNC(=O)c1ccc(C(CCC(F)(F)F)c2ccc3c(Cl)c(C4=CCCC4)c(Cl)cc3c2)cc1. The largest absolute Gasteiger partial charge is 0.481 e. The fourth-order valence-corrected chi connectivity index (χ4v) is 5.62. The lowest BCUT2D eigenvalue weighted by Crippen LogP contribution is -2.25. The topological polar surface area (TPSA) is 66.4 Å². The first-order chi connectivity index (χ1) is 18.0. The van der Waals surface area contributed by atoms with Gasteiger partial charge in [0.1, 0.15) is 0 Å². The van der Waals surface area contributed by atoms with Gasteiger partial charge in [-0.3, -0.25) is 9.59 Å². The van der Waals surface area contributed by atoms with E-state index >= 15 is 0 Å². The van der Waals surface area contributed by atoms with E-state index in [1.165, 1.54) is 12.1 Å². The molecule has 38 heavy (non-hydrogen) atoms. The highest BCUT2D eigenvalue weighted by molar-refractivity contribution is 6.41. The maximum Gasteiger partial charge on any atom is 0.389 e. The Hall–Kier alpha value is -3.03. The molecule has 3 aromatic carbocycles. The molecule has 4 rings (SSSR count). The van der Waals surface area contributed by atoms with Crippen LogP contribution in [0.4, 0.5) is 13.2 Å². The number of hydrogen-bond donors (Lipinski definition) is 2. The normalized spacial score (nSPS) is 14.4. The number of alkyl halides is 3. The second-order valence-corrected chi connectivity index (χ2v) is 10.2. The number of hydrogen-bond acceptors (Lipinski definition) is 2. The summed E-state index contributed by atoms with van der Waals surface area (Å²) in [6.45, 7) is -0.0225. The third-order valence-electron chi connectivity index (χ3n) is 6.73. The van der Waals surface area contributed by atoms with Gasteiger partial charge in [0.25, 0.3) is 5.91 Å². The summed E-state index contributed by atoms with van der Waals surface area (Å²) < 4.78 is 39.6. The van der Waals surface area contributed by atoms with Crippen LogP contribution in [-0.4, -0.2) is 29.7 Å². The standard InChI is InChI=1S/C29H26Cl2F3NO3/c30-24-16-21-15-20(9-10-23(21)27(31)26(24)18-3-1-2-4-18)22(11-13-29(32,33)34)17-5-7-19(8-6-17)28(38)35-14-12-25(36)37/h3,5-10,15-16,22H,1-2,4,11-14H2,(H,35,38)(H,36,37). The van der Waals surface area contributed by atoms with Crippen molar-refractivity contribution in [2.24, 2.45) is 0 Å². The summed E-state index contributed by atoms with van der Waals surface area (Å²) in [5, 5.41) is 13.8. The first kappa shape index (κ1) is 28.0. The Labute approximate surface area is 228 Å². The summed E-state index contributed by atoms with van der Waals surface area (Å²) in [6.07, 6.45) is -0.626. The number of amides is 1. The summed E-state index contributed by atoms with van der Waals surface area (Å²) in [6, 6.07) is 13.6. The third kappa shape index (κ3) is 6.69. The zero-order valence-electron chi connectivity index (χ0n) is 20.4. The van der Waals surface area contributed by atoms with Crippen LogP contribution in [-0.2, 0) is 4.79 Å². The highest BCUT2D eigenvalue weighted by atomic mass is 35.5. The number of carboxylic acids is 1. The molecule has 1 unspecified atom stereocenters. The number of allylic oxidation sites excluding steroid dienone is 2. The van der Waals surface area contributed by atoms with Crippen molar-refractivity contribution in [1.82, 2.24) is 5.32 Å². The summed E-state index contributed by atoms with van der Waals surface area (Å²) in [5.41, 5.74) is 3.53. The summed E-state index contributed by atoms with van der Waals surface area (Å²) >= 11 is 13.4. The number of benzene rings is 3. The van der Waals surface area contributed by atoms with E-state index in [9.17, 15) is 22.8 Å². The van der Waals surface area contributed by atoms with Crippen molar-refractivity contribution in [2.45, 2.75) is 50.6 Å². The van der Waals surface area contributed by atoms with Gasteiger partial charge in [-0.1, -0.05) is 59.6 Å². The van der Waals surface area contributed by atoms with Crippen LogP contribution in [0.25, 0.3) is 16.3 Å². The average molecular weight is 564 g/mol. The molecular formula is C29H26Cl2F3NO3. The quantitative estimate of drug-likeness (QED) is 0.274. The van der Waals surface area contributed by atoms with E-state index < -0.39 is 30.4 Å². The fourth-order valence-electron chi connectivity index (χ4n) is 4.84. The summed E-state index contributed by atoms with van der Waals surface area (Å²) in [5.74, 6) is -2.06. The number of carbonyl (C=O) groups is 2. The first-order valence-corrected chi connectivity index (χ1v) is 13.1. The molecule has 1 amide bonds. The number of carboxylic acid groups (broad SMARTS) is 1. The van der Waals surface area contributed by atoms with E-state index in [1.807, 2.05) is 18.2 Å². The summed E-state index contributed by atoms with van der Waals surface area (Å²) in [7, 11) is 0. The predicted molar refractivity (Wildman–Crippen MR) is 144 cm³/mol. The Bertz CT molecular complexity index is 1380. The predicted octanol–water partition coefficient (Wildman–Crippen LogP) is 8.39. The molecule has 1 aliphatic rings. The fraction of sp³-hybridized carbons (Fsp3) is 0.310. The minimum atomic E-state index is -4.32. The van der Waals surface area contributed by atoms with Gasteiger partial charge in [-0.25, -0.2) is 0 Å². The Kier molecular flexibility index (Phi) is 8.68. The molecule has 0 heterocycles. The molecule has 3 aromatic rings. The van der Waals surface area contributed by atoms with Gasteiger partial charge in [-0.15, -0.1) is 0 Å². The minimum absolute atomic E-state index is 0.0225. The van der Waals surface area contributed by atoms with Crippen molar-refractivity contribution in [1.29, 1.82) is 0 Å². The van der Waals surface area contributed by atoms with E-state index in [2.05, 4.69) is 11.4 Å². The van der Waals surface area contributed by atoms with Gasteiger partial charge in [0.05, 0.1) is 16.5 Å². The van der Waals surface area contributed by atoms with Crippen molar-refractivity contribution >= 4 is 51.4 Å². The number of fused-ring (bicyclic) bond motifs is 1. The molecule has 1 atom stereocenters. The van der Waals surface area contributed by atoms with E-state index in [4.69, 9.17) is 28.3 Å². The Morgan fingerprint density at radius 2 is 1.74 bits per heavy atom. The molecule has 4 nitrogen and oxygen atoms in total. The Balaban J connectivity index is 1.66. The Morgan fingerprint density at radius 1 is 1.03 bits per heavy atom. The molecular weight excluding hydrogens is 538 g/mol. The molecule has 0 saturated heterocycles. The van der Waals surface area contributed by atoms with Crippen LogP contribution in [0.2, 0.25) is 10.0 Å². The zero-order chi connectivity index (χ0) is 27.4. The third-order valence-corrected chi connectivity index (χ3v) is 7.42. The molecule has 0 aliphatic heterocycles. The van der Waals surface area contributed by atoms with Crippen LogP contribution in [0, 0.1) is 0 Å². The van der Waals surface area contributed by atoms with E-state index in [1.54, 1.807) is 18.2 Å². The highest BCUT2D eigenvalue weighted by Crippen LogP contribution is 2.43. The lowest BCUT2D eigenvalue weighted by atomic mass is 9.85. The Morgan fingerprint density at radius 3 is 2.37 bits per heavy atom. The lowest BCUT2D eigenvalue weighted by Gasteiger charge is -2.21. The van der Waals surface area contributed by atoms with Crippen LogP contribution >= 0.6 is 23.2 Å². The molecule has 0 spiro atoms. The molecule has 0 radical (unpaired) electrons. The smallest absolute Gasteiger partial charge is 0.389 e. The van der Waals surface area contributed by atoms with Crippen molar-refractivity contribution in [3.8, 4) is 0 Å². The monoisotopic (exact) mass is 563 g/mol. The number of carbonyl (C=O) groups excluding carboxylic acids is 1. The van der Waals surface area contributed by atoms with Gasteiger partial charge in [0.15, 0.2) is 0 Å². The molecule has 0 aromatic heterocycles. The average Bonchev–Trinajstić information content (AvgIpc) is 3.38. The molecule has 0 saturated carbocycles. The van der Waals surface area contributed by atoms with Gasteiger partial charge in [0.2, 0.25) is 0 Å². The molecule has 200 valence electrons. The number of nitrogens with one attached hydrogen (secondary N) is 1. The zero-order valence-corrected chi connectivity index (χ0v) is 21.9. The number of rotatable bonds is 9. The number of aliphatic carboxylic acids is 1. The van der Waals surface area contributed by atoms with Gasteiger partial charge in [-0.2, -0.15) is 13.2 Å². The van der Waals surface area contributed by atoms with Crippen molar-refractivity contribution < 1.29 is 27.9 Å². The second-order valence-electron chi connectivity index (χ2n) is 9.38. The summed E-state index contributed by atoms with van der Waals surface area (Å²) in [4.78, 5) is 22.9. The van der Waals surface area contributed by atoms with Crippen LogP contribution in [0.3, 0.4) is 0 Å². The molecule has 9 heteroatoms. The maximum absolute atomic E-state index is 13.2. The molecule has 0 fully saturated rings. The van der Waals surface area contributed by atoms with Gasteiger partial charge < -0.3 is 10.4 Å². The van der Waals surface area contributed by atoms with Crippen LogP contribution in [0.5, 0.6) is 0 Å². The van der Waals surface area contributed by atoms with E-state index in [0.29, 0.717) is 26.7 Å². The second kappa shape index (κ2) is 11.8. The van der Waals surface area contributed by atoms with Gasteiger partial charge >= 0.3 is 12.1 Å². The van der Waals surface area contributed by atoms with Gasteiger partial charge in [-0.05, 0) is 66.0 Å². The van der Waals surface area contributed by atoms with Crippen LogP contribution < -0.4 is 5.32 Å².